The lowest BCUT2D eigenvalue weighted by molar-refractivity contribution is 0.0935. The molecule has 0 aliphatic carbocycles. The molecule has 0 aliphatic rings. The van der Waals surface area contributed by atoms with E-state index in [2.05, 4.69) is 25.4 Å². The molecule has 0 radical (unpaired) electrons. The molecule has 4 rings (SSSR count). The molecule has 0 saturated heterocycles. The number of hydrogen-bond donors (Lipinski definition) is 2. The number of hydrogen-bond acceptors (Lipinski definition) is 7. The SMILES string of the molecule is Cc1ccc(C(C)NC(=O)c2cc3nc(-c4ccco4)nn3c(N)n2)cn1. The summed E-state index contributed by atoms with van der Waals surface area (Å²) >= 11 is 0. The molecule has 3 N–H and O–H groups in total. The standard InChI is InChI=1S/C18H17N7O2/c1-10-5-6-12(9-20-10)11(2)21-17(26)13-8-15-23-16(14-4-3-7-27-14)24-25(15)18(19)22-13/h3-9,11H,1-2H3,(H2,19,22)(H,21,26). The van der Waals surface area contributed by atoms with Crippen LogP contribution in [0.5, 0.6) is 0 Å². The second-order valence-electron chi connectivity index (χ2n) is 6.11. The zero-order valence-electron chi connectivity index (χ0n) is 14.7. The number of nitrogens with one attached hydrogen (secondary N) is 1. The van der Waals surface area contributed by atoms with Crippen LogP contribution in [0, 0.1) is 6.92 Å². The highest BCUT2D eigenvalue weighted by Gasteiger charge is 2.17. The number of carbonyl (C=O) groups excluding carboxylic acids is 1. The third-order valence-electron chi connectivity index (χ3n) is 4.11. The Kier molecular flexibility index (Phi) is 4.03. The molecule has 4 heterocycles. The second kappa shape index (κ2) is 6.52. The summed E-state index contributed by atoms with van der Waals surface area (Å²) in [6.07, 6.45) is 3.27. The number of rotatable bonds is 4. The number of pyridine rings is 1. The number of nitrogens with zero attached hydrogens (tertiary/aromatic N) is 5. The van der Waals surface area contributed by atoms with Gasteiger partial charge in [0.2, 0.25) is 11.8 Å². The highest BCUT2D eigenvalue weighted by Crippen LogP contribution is 2.19. The predicted octanol–water partition coefficient (Wildman–Crippen LogP) is 2.16. The molecular weight excluding hydrogens is 346 g/mol. The maximum absolute atomic E-state index is 12.6. The highest BCUT2D eigenvalue weighted by molar-refractivity contribution is 5.93. The van der Waals surface area contributed by atoms with Crippen LogP contribution < -0.4 is 11.1 Å². The fourth-order valence-corrected chi connectivity index (χ4v) is 2.63. The van der Waals surface area contributed by atoms with Gasteiger partial charge in [0.1, 0.15) is 5.69 Å². The first-order valence-corrected chi connectivity index (χ1v) is 8.32. The van der Waals surface area contributed by atoms with Crippen molar-refractivity contribution in [3.05, 3.63) is 59.7 Å². The van der Waals surface area contributed by atoms with Crippen molar-refractivity contribution in [2.75, 3.05) is 5.73 Å². The molecule has 4 aromatic heterocycles. The van der Waals surface area contributed by atoms with Crippen LogP contribution in [-0.4, -0.2) is 30.5 Å². The lowest BCUT2D eigenvalue weighted by Gasteiger charge is -2.14. The molecule has 136 valence electrons. The first-order valence-electron chi connectivity index (χ1n) is 8.32. The monoisotopic (exact) mass is 363 g/mol. The predicted molar refractivity (Wildman–Crippen MR) is 97.8 cm³/mol. The van der Waals surface area contributed by atoms with E-state index in [-0.39, 0.29) is 23.6 Å². The lowest BCUT2D eigenvalue weighted by Crippen LogP contribution is -2.28. The van der Waals surface area contributed by atoms with E-state index in [1.54, 1.807) is 18.3 Å². The van der Waals surface area contributed by atoms with E-state index in [1.165, 1.54) is 16.8 Å². The largest absolute Gasteiger partial charge is 0.461 e. The molecule has 1 atom stereocenters. The molecule has 0 spiro atoms. The summed E-state index contributed by atoms with van der Waals surface area (Å²) in [6, 6.07) is 8.59. The van der Waals surface area contributed by atoms with Gasteiger partial charge in [-0.05, 0) is 37.6 Å². The Hall–Kier alpha value is -3.75. The van der Waals surface area contributed by atoms with Crippen LogP contribution in [0.25, 0.3) is 17.2 Å². The maximum atomic E-state index is 12.6. The number of nitrogen functional groups attached to an aromatic ring is 1. The van der Waals surface area contributed by atoms with Gasteiger partial charge in [0.05, 0.1) is 12.3 Å². The van der Waals surface area contributed by atoms with Gasteiger partial charge in [-0.2, -0.15) is 4.52 Å². The normalized spacial score (nSPS) is 12.2. The van der Waals surface area contributed by atoms with Crippen molar-refractivity contribution >= 4 is 17.5 Å². The topological polar surface area (TPSA) is 124 Å². The fourth-order valence-electron chi connectivity index (χ4n) is 2.63. The van der Waals surface area contributed by atoms with E-state index in [9.17, 15) is 4.79 Å². The molecule has 27 heavy (non-hydrogen) atoms. The average Bonchev–Trinajstić information content (AvgIpc) is 3.31. The molecule has 0 saturated carbocycles. The van der Waals surface area contributed by atoms with E-state index in [0.29, 0.717) is 17.2 Å². The van der Waals surface area contributed by atoms with E-state index >= 15 is 0 Å². The molecule has 4 aromatic rings. The summed E-state index contributed by atoms with van der Waals surface area (Å²) in [6.45, 7) is 3.78. The van der Waals surface area contributed by atoms with Crippen molar-refractivity contribution in [3.8, 4) is 11.6 Å². The van der Waals surface area contributed by atoms with E-state index in [0.717, 1.165) is 11.3 Å². The summed E-state index contributed by atoms with van der Waals surface area (Å²) in [5.41, 5.74) is 8.32. The Balaban J connectivity index is 1.61. The first kappa shape index (κ1) is 16.7. The molecule has 1 unspecified atom stereocenters. The number of nitrogens with two attached hydrogens (primary N) is 1. The van der Waals surface area contributed by atoms with Crippen molar-refractivity contribution in [3.63, 3.8) is 0 Å². The molecule has 0 aliphatic heterocycles. The Morgan fingerprint density at radius 2 is 2.15 bits per heavy atom. The second-order valence-corrected chi connectivity index (χ2v) is 6.11. The third kappa shape index (κ3) is 3.22. The van der Waals surface area contributed by atoms with Crippen LogP contribution in [-0.2, 0) is 0 Å². The minimum atomic E-state index is -0.361. The van der Waals surface area contributed by atoms with E-state index in [1.807, 2.05) is 26.0 Å². The Morgan fingerprint density at radius 1 is 1.30 bits per heavy atom. The van der Waals surface area contributed by atoms with Crippen molar-refractivity contribution in [2.24, 2.45) is 0 Å². The fraction of sp³-hybridized carbons (Fsp3) is 0.167. The molecule has 9 nitrogen and oxygen atoms in total. The van der Waals surface area contributed by atoms with Gasteiger partial charge in [0, 0.05) is 18.0 Å². The number of carbonyl (C=O) groups is 1. The Bertz CT molecular complexity index is 1100. The summed E-state index contributed by atoms with van der Waals surface area (Å²) in [5, 5.41) is 7.14. The number of amides is 1. The van der Waals surface area contributed by atoms with Crippen LogP contribution in [0.4, 0.5) is 5.95 Å². The zero-order chi connectivity index (χ0) is 19.0. The molecule has 9 heteroatoms. The van der Waals surface area contributed by atoms with Gasteiger partial charge >= 0.3 is 0 Å². The van der Waals surface area contributed by atoms with Crippen molar-refractivity contribution in [1.82, 2.24) is 29.9 Å². The zero-order valence-corrected chi connectivity index (χ0v) is 14.7. The molecule has 1 amide bonds. The van der Waals surface area contributed by atoms with Gasteiger partial charge in [-0.1, -0.05) is 6.07 Å². The molecule has 0 fully saturated rings. The minimum absolute atomic E-state index is 0.0626. The lowest BCUT2D eigenvalue weighted by atomic mass is 10.1. The van der Waals surface area contributed by atoms with Crippen molar-refractivity contribution in [1.29, 1.82) is 0 Å². The molecular formula is C18H17N7O2. The quantitative estimate of drug-likeness (QED) is 0.569. The van der Waals surface area contributed by atoms with Gasteiger partial charge in [0.15, 0.2) is 11.4 Å². The molecule has 0 bridgehead atoms. The van der Waals surface area contributed by atoms with Crippen LogP contribution in [0.1, 0.15) is 34.7 Å². The van der Waals surface area contributed by atoms with Gasteiger partial charge in [0.25, 0.3) is 5.91 Å². The van der Waals surface area contributed by atoms with Gasteiger partial charge in [-0.3, -0.25) is 9.78 Å². The minimum Gasteiger partial charge on any atom is -0.461 e. The Labute approximate surface area is 154 Å². The number of aromatic nitrogens is 5. The third-order valence-corrected chi connectivity index (χ3v) is 4.11. The van der Waals surface area contributed by atoms with Crippen LogP contribution >= 0.6 is 0 Å². The van der Waals surface area contributed by atoms with Crippen LogP contribution in [0.15, 0.2) is 47.2 Å². The van der Waals surface area contributed by atoms with Gasteiger partial charge in [-0.15, -0.1) is 5.10 Å². The number of anilines is 1. The first-order chi connectivity index (χ1) is 13.0. The summed E-state index contributed by atoms with van der Waals surface area (Å²) in [7, 11) is 0. The summed E-state index contributed by atoms with van der Waals surface area (Å²) in [5.74, 6) is 0.571. The average molecular weight is 363 g/mol. The van der Waals surface area contributed by atoms with E-state index < -0.39 is 0 Å². The van der Waals surface area contributed by atoms with Gasteiger partial charge in [-0.25, -0.2) is 9.97 Å². The summed E-state index contributed by atoms with van der Waals surface area (Å²) < 4.78 is 6.65. The number of fused-ring (bicyclic) bond motifs is 1. The van der Waals surface area contributed by atoms with E-state index in [4.69, 9.17) is 10.2 Å². The maximum Gasteiger partial charge on any atom is 0.270 e. The number of furan rings is 1. The van der Waals surface area contributed by atoms with Crippen LogP contribution in [0.3, 0.4) is 0 Å². The highest BCUT2D eigenvalue weighted by atomic mass is 16.3. The van der Waals surface area contributed by atoms with Crippen molar-refractivity contribution < 1.29 is 9.21 Å². The summed E-state index contributed by atoms with van der Waals surface area (Å²) in [4.78, 5) is 25.3. The number of aryl methyl sites for hydroxylation is 1. The van der Waals surface area contributed by atoms with Gasteiger partial charge < -0.3 is 15.5 Å². The van der Waals surface area contributed by atoms with Crippen LogP contribution in [0.2, 0.25) is 0 Å². The Morgan fingerprint density at radius 3 is 2.85 bits per heavy atom. The van der Waals surface area contributed by atoms with Crippen molar-refractivity contribution in [2.45, 2.75) is 19.9 Å². The molecule has 0 aromatic carbocycles. The smallest absolute Gasteiger partial charge is 0.270 e.